The Morgan fingerprint density at radius 2 is 1.94 bits per heavy atom. The van der Waals surface area contributed by atoms with Gasteiger partial charge in [0.1, 0.15) is 0 Å². The molecule has 3 nitrogen and oxygen atoms in total. The average Bonchev–Trinajstić information content (AvgIpc) is 2.33. The number of aliphatic hydroxyl groups is 1. The molecule has 0 aromatic rings. The minimum Gasteiger partial charge on any atom is -0.394 e. The lowest BCUT2D eigenvalue weighted by molar-refractivity contribution is 0.0973. The summed E-state index contributed by atoms with van der Waals surface area (Å²) in [5.74, 6) is 0. The van der Waals surface area contributed by atoms with E-state index in [2.05, 4.69) is 44.8 Å². The van der Waals surface area contributed by atoms with Gasteiger partial charge in [-0.1, -0.05) is 27.2 Å². The van der Waals surface area contributed by atoms with Gasteiger partial charge in [0.25, 0.3) is 0 Å². The third-order valence-corrected chi connectivity index (χ3v) is 3.52. The molecule has 0 fully saturated rings. The molecular weight excluding hydrogens is 212 g/mol. The fraction of sp³-hybridized carbons (Fsp3) is 1.00. The second-order valence-electron chi connectivity index (χ2n) is 5.33. The van der Waals surface area contributed by atoms with E-state index in [0.29, 0.717) is 6.04 Å². The fourth-order valence-corrected chi connectivity index (χ4v) is 2.11. The van der Waals surface area contributed by atoms with Crippen LogP contribution >= 0.6 is 0 Å². The monoisotopic (exact) mass is 244 g/mol. The largest absolute Gasteiger partial charge is 0.394 e. The zero-order valence-electron chi connectivity index (χ0n) is 12.4. The molecule has 3 heteroatoms. The van der Waals surface area contributed by atoms with Crippen LogP contribution < -0.4 is 5.32 Å². The van der Waals surface area contributed by atoms with Gasteiger partial charge >= 0.3 is 0 Å². The number of aliphatic hydroxyl groups excluding tert-OH is 1. The van der Waals surface area contributed by atoms with Gasteiger partial charge in [-0.25, -0.2) is 0 Å². The van der Waals surface area contributed by atoms with Crippen molar-refractivity contribution in [3.63, 3.8) is 0 Å². The van der Waals surface area contributed by atoms with Gasteiger partial charge in [-0.3, -0.25) is 4.90 Å². The van der Waals surface area contributed by atoms with Crippen LogP contribution in [0.2, 0.25) is 0 Å². The van der Waals surface area contributed by atoms with Crippen molar-refractivity contribution < 1.29 is 5.11 Å². The maximum atomic E-state index is 9.56. The Kier molecular flexibility index (Phi) is 8.83. The predicted molar refractivity (Wildman–Crippen MR) is 75.4 cm³/mol. The summed E-state index contributed by atoms with van der Waals surface area (Å²) < 4.78 is 0. The molecule has 0 aromatic carbocycles. The molecule has 0 rings (SSSR count). The van der Waals surface area contributed by atoms with Crippen molar-refractivity contribution in [2.24, 2.45) is 0 Å². The van der Waals surface area contributed by atoms with Crippen LogP contribution in [0.5, 0.6) is 0 Å². The van der Waals surface area contributed by atoms with Crippen LogP contribution in [0.4, 0.5) is 0 Å². The number of nitrogens with zero attached hydrogens (tertiary/aromatic N) is 1. The second kappa shape index (κ2) is 8.90. The zero-order valence-corrected chi connectivity index (χ0v) is 12.4. The van der Waals surface area contributed by atoms with Crippen LogP contribution in [0.1, 0.15) is 53.9 Å². The number of hydrogen-bond acceptors (Lipinski definition) is 3. The summed E-state index contributed by atoms with van der Waals surface area (Å²) >= 11 is 0. The Bertz CT molecular complexity index is 187. The number of rotatable bonds is 10. The summed E-state index contributed by atoms with van der Waals surface area (Å²) in [6.45, 7) is 14.1. The fourth-order valence-electron chi connectivity index (χ4n) is 2.11. The van der Waals surface area contributed by atoms with E-state index in [1.807, 2.05) is 0 Å². The van der Waals surface area contributed by atoms with Crippen molar-refractivity contribution in [3.05, 3.63) is 0 Å². The Morgan fingerprint density at radius 3 is 2.35 bits per heavy atom. The smallest absolute Gasteiger partial charge is 0.0623 e. The quantitative estimate of drug-likeness (QED) is 0.619. The van der Waals surface area contributed by atoms with E-state index in [0.717, 1.165) is 26.1 Å². The Hall–Kier alpha value is -0.120. The summed E-state index contributed by atoms with van der Waals surface area (Å²) in [7, 11) is 0. The lowest BCUT2D eigenvalue weighted by atomic mass is 10.0. The molecule has 0 radical (unpaired) electrons. The van der Waals surface area contributed by atoms with Crippen molar-refractivity contribution in [1.82, 2.24) is 10.2 Å². The van der Waals surface area contributed by atoms with E-state index >= 15 is 0 Å². The highest BCUT2D eigenvalue weighted by atomic mass is 16.3. The number of hydrogen-bond donors (Lipinski definition) is 2. The predicted octanol–water partition coefficient (Wildman–Crippen LogP) is 2.25. The summed E-state index contributed by atoms with van der Waals surface area (Å²) in [4.78, 5) is 2.50. The molecule has 0 aromatic heterocycles. The van der Waals surface area contributed by atoms with Crippen molar-refractivity contribution in [1.29, 1.82) is 0 Å². The number of nitrogens with one attached hydrogen (secondary N) is 1. The normalized spacial score (nSPS) is 17.1. The first-order valence-electron chi connectivity index (χ1n) is 7.12. The van der Waals surface area contributed by atoms with Crippen LogP contribution in [0, 0.1) is 0 Å². The molecule has 0 heterocycles. The van der Waals surface area contributed by atoms with Crippen LogP contribution in [0.15, 0.2) is 0 Å². The molecule has 2 atom stereocenters. The van der Waals surface area contributed by atoms with Crippen molar-refractivity contribution in [2.75, 3.05) is 26.2 Å². The molecule has 0 amide bonds. The van der Waals surface area contributed by atoms with E-state index in [4.69, 9.17) is 0 Å². The van der Waals surface area contributed by atoms with Gasteiger partial charge in [-0.15, -0.1) is 0 Å². The summed E-state index contributed by atoms with van der Waals surface area (Å²) in [5.41, 5.74) is -0.175. The summed E-state index contributed by atoms with van der Waals surface area (Å²) in [6.07, 6.45) is 3.62. The summed E-state index contributed by atoms with van der Waals surface area (Å²) in [5, 5.41) is 13.0. The van der Waals surface area contributed by atoms with E-state index in [1.165, 1.54) is 12.8 Å². The lowest BCUT2D eigenvalue weighted by Crippen LogP contribution is -2.55. The first-order chi connectivity index (χ1) is 8.02. The Morgan fingerprint density at radius 1 is 1.29 bits per heavy atom. The molecule has 104 valence electrons. The van der Waals surface area contributed by atoms with Gasteiger partial charge < -0.3 is 10.4 Å². The van der Waals surface area contributed by atoms with Crippen LogP contribution in [0.3, 0.4) is 0 Å². The molecule has 2 N–H and O–H groups in total. The third kappa shape index (κ3) is 6.39. The highest BCUT2D eigenvalue weighted by Crippen LogP contribution is 2.12. The molecular formula is C14H32N2O. The summed E-state index contributed by atoms with van der Waals surface area (Å²) in [6, 6.07) is 0.589. The Labute approximate surface area is 108 Å². The van der Waals surface area contributed by atoms with Gasteiger partial charge in [-0.2, -0.15) is 0 Å². The molecule has 0 spiro atoms. The van der Waals surface area contributed by atoms with Crippen molar-refractivity contribution >= 4 is 0 Å². The van der Waals surface area contributed by atoms with Crippen LogP contribution in [0.25, 0.3) is 0 Å². The van der Waals surface area contributed by atoms with E-state index in [9.17, 15) is 5.11 Å². The SMILES string of the molecule is CCCCN(CC(C)(CO)NCC)C(C)CC. The third-order valence-electron chi connectivity index (χ3n) is 3.52. The maximum absolute atomic E-state index is 9.56. The van der Waals surface area contributed by atoms with Gasteiger partial charge in [-0.05, 0) is 39.8 Å². The number of unbranched alkanes of at least 4 members (excludes halogenated alkanes) is 1. The van der Waals surface area contributed by atoms with E-state index in [-0.39, 0.29) is 12.1 Å². The minimum absolute atomic E-state index is 0.175. The molecule has 0 aliphatic rings. The molecule has 0 aliphatic heterocycles. The standard InChI is InChI=1S/C14H32N2O/c1-6-9-10-16(13(4)7-2)11-14(5,12-17)15-8-3/h13,15,17H,6-12H2,1-5H3. The Balaban J connectivity index is 4.46. The lowest BCUT2D eigenvalue weighted by Gasteiger charge is -2.38. The van der Waals surface area contributed by atoms with Gasteiger partial charge in [0, 0.05) is 12.6 Å². The zero-order chi connectivity index (χ0) is 13.3. The van der Waals surface area contributed by atoms with Crippen molar-refractivity contribution in [2.45, 2.75) is 65.5 Å². The highest BCUT2D eigenvalue weighted by molar-refractivity contribution is 4.87. The van der Waals surface area contributed by atoms with Gasteiger partial charge in [0.15, 0.2) is 0 Å². The topological polar surface area (TPSA) is 35.5 Å². The van der Waals surface area contributed by atoms with E-state index in [1.54, 1.807) is 0 Å². The molecule has 0 saturated carbocycles. The number of likely N-dealkylation sites (N-methyl/N-ethyl adjacent to an activating group) is 1. The van der Waals surface area contributed by atoms with Crippen LogP contribution in [-0.2, 0) is 0 Å². The maximum Gasteiger partial charge on any atom is 0.0623 e. The highest BCUT2D eigenvalue weighted by Gasteiger charge is 2.26. The van der Waals surface area contributed by atoms with Crippen LogP contribution in [-0.4, -0.2) is 47.8 Å². The molecule has 17 heavy (non-hydrogen) atoms. The van der Waals surface area contributed by atoms with Crippen molar-refractivity contribution in [3.8, 4) is 0 Å². The molecule has 0 aliphatic carbocycles. The first-order valence-corrected chi connectivity index (χ1v) is 7.12. The van der Waals surface area contributed by atoms with Gasteiger partial charge in [0.2, 0.25) is 0 Å². The molecule has 0 bridgehead atoms. The van der Waals surface area contributed by atoms with Gasteiger partial charge in [0.05, 0.1) is 12.1 Å². The molecule has 2 unspecified atom stereocenters. The minimum atomic E-state index is -0.175. The van der Waals surface area contributed by atoms with E-state index < -0.39 is 0 Å². The molecule has 0 saturated heterocycles. The average molecular weight is 244 g/mol. The first kappa shape index (κ1) is 16.9. The second-order valence-corrected chi connectivity index (χ2v) is 5.33.